The fourth-order valence-electron chi connectivity index (χ4n) is 1.61. The summed E-state index contributed by atoms with van der Waals surface area (Å²) in [7, 11) is 2.07. The van der Waals surface area contributed by atoms with Gasteiger partial charge in [-0.25, -0.2) is 0 Å². The summed E-state index contributed by atoms with van der Waals surface area (Å²) in [6, 6.07) is 0. The van der Waals surface area contributed by atoms with E-state index in [0.29, 0.717) is 0 Å². The summed E-state index contributed by atoms with van der Waals surface area (Å²) in [5.74, 6) is 0. The van der Waals surface area contributed by atoms with Gasteiger partial charge in [-0.2, -0.15) is 0 Å². The third kappa shape index (κ3) is 3.12. The lowest BCUT2D eigenvalue weighted by molar-refractivity contribution is 0.907. The number of aromatic nitrogens is 1. The number of rotatable bonds is 3. The second-order valence-electron chi connectivity index (χ2n) is 3.12. The van der Waals surface area contributed by atoms with Crippen LogP contribution in [0.1, 0.15) is 44.5 Å². The molecule has 1 aromatic rings. The highest BCUT2D eigenvalue weighted by Gasteiger charge is 2.06. The summed E-state index contributed by atoms with van der Waals surface area (Å²) in [6.07, 6.45) is 9.35. The largest absolute Gasteiger partial charge is 0.350 e. The summed E-state index contributed by atoms with van der Waals surface area (Å²) in [5.41, 5.74) is 3.88. The van der Waals surface area contributed by atoms with Gasteiger partial charge in [0.1, 0.15) is 0 Å². The van der Waals surface area contributed by atoms with E-state index < -0.39 is 0 Å². The van der Waals surface area contributed by atoms with E-state index in [-0.39, 0.29) is 0 Å². The minimum atomic E-state index is 1.06. The van der Waals surface area contributed by atoms with E-state index >= 15 is 0 Å². The molecule has 0 aromatic carbocycles. The van der Waals surface area contributed by atoms with E-state index in [9.17, 15) is 0 Å². The fraction of sp³-hybridized carbons (Fsp3) is 0.429. The summed E-state index contributed by atoms with van der Waals surface area (Å²) in [4.78, 5) is 0. The minimum Gasteiger partial charge on any atom is -0.350 e. The van der Waals surface area contributed by atoms with Crippen LogP contribution in [0.25, 0.3) is 12.2 Å². The first-order valence-corrected chi connectivity index (χ1v) is 5.67. The van der Waals surface area contributed by atoms with Gasteiger partial charge in [-0.1, -0.05) is 39.5 Å². The third-order valence-corrected chi connectivity index (χ3v) is 2.26. The Balaban J connectivity index is 0.000000921. The van der Waals surface area contributed by atoms with Crippen LogP contribution in [0.5, 0.6) is 0 Å². The number of hydrogen-bond donors (Lipinski definition) is 0. The molecule has 0 bridgehead atoms. The molecule has 0 N–H and O–H groups in total. The summed E-state index contributed by atoms with van der Waals surface area (Å²) in [5, 5.41) is 0. The van der Waals surface area contributed by atoms with Crippen LogP contribution in [0, 0.1) is 0 Å². The molecule has 1 heterocycles. The summed E-state index contributed by atoms with van der Waals surface area (Å²) in [6.45, 7) is 12.1. The van der Waals surface area contributed by atoms with Crippen molar-refractivity contribution < 1.29 is 0 Å². The van der Waals surface area contributed by atoms with Gasteiger partial charge >= 0.3 is 0 Å². The maximum Gasteiger partial charge on any atom is 0.0477 e. The number of nitrogens with zero attached hydrogens (tertiary/aromatic N) is 1. The molecule has 1 rings (SSSR count). The minimum absolute atomic E-state index is 1.06. The van der Waals surface area contributed by atoms with Gasteiger partial charge in [-0.15, -0.1) is 0 Å². The van der Waals surface area contributed by atoms with E-state index in [1.807, 2.05) is 26.8 Å². The molecule has 0 aliphatic rings. The number of aryl methyl sites for hydroxylation is 2. The van der Waals surface area contributed by atoms with E-state index in [4.69, 9.17) is 0 Å². The van der Waals surface area contributed by atoms with Crippen molar-refractivity contribution in [2.75, 3.05) is 0 Å². The molecule has 0 spiro atoms. The first-order valence-electron chi connectivity index (χ1n) is 5.67. The van der Waals surface area contributed by atoms with Crippen LogP contribution < -0.4 is 0 Å². The van der Waals surface area contributed by atoms with E-state index in [1.54, 1.807) is 0 Å². The molecule has 0 atom stereocenters. The predicted molar refractivity (Wildman–Crippen MR) is 70.9 cm³/mol. The summed E-state index contributed by atoms with van der Waals surface area (Å²) >= 11 is 0. The third-order valence-electron chi connectivity index (χ3n) is 2.26. The predicted octanol–water partition coefficient (Wildman–Crippen LogP) is 4.29. The molecule has 1 aromatic heterocycles. The average Bonchev–Trinajstić information content (AvgIpc) is 2.58. The fourth-order valence-corrected chi connectivity index (χ4v) is 1.61. The van der Waals surface area contributed by atoms with Crippen molar-refractivity contribution in [3.8, 4) is 0 Å². The molecule has 0 saturated heterocycles. The lowest BCUT2D eigenvalue weighted by Gasteiger charge is -1.98. The van der Waals surface area contributed by atoms with Crippen molar-refractivity contribution in [2.45, 2.75) is 34.1 Å². The highest BCUT2D eigenvalue weighted by atomic mass is 14.9. The standard InChI is InChI=1S/C12H17N.C2H6/c1-5-8-12-11(7-3)10(6-2)9-13(12)4;1-2/h5,7-9H,3,6H2,1-2,4H3;1-2H3/b8-5-;. The lowest BCUT2D eigenvalue weighted by atomic mass is 10.1. The van der Waals surface area contributed by atoms with Gasteiger partial charge in [0.15, 0.2) is 0 Å². The first kappa shape index (κ1) is 13.8. The van der Waals surface area contributed by atoms with Crippen molar-refractivity contribution in [3.63, 3.8) is 0 Å². The van der Waals surface area contributed by atoms with Gasteiger partial charge in [0.05, 0.1) is 0 Å². The molecular weight excluding hydrogens is 182 g/mol. The molecule has 0 unspecified atom stereocenters. The number of hydrogen-bond acceptors (Lipinski definition) is 0. The SMILES string of the molecule is C=Cc1c(CC)cn(C)c1/C=C\C.CC. The average molecular weight is 205 g/mol. The van der Waals surface area contributed by atoms with Gasteiger partial charge in [-0.05, 0) is 25.0 Å². The molecular formula is C14H23N. The smallest absolute Gasteiger partial charge is 0.0477 e. The van der Waals surface area contributed by atoms with Crippen molar-refractivity contribution in [2.24, 2.45) is 7.05 Å². The Morgan fingerprint density at radius 3 is 2.40 bits per heavy atom. The van der Waals surface area contributed by atoms with Crippen molar-refractivity contribution in [1.29, 1.82) is 0 Å². The van der Waals surface area contributed by atoms with Crippen molar-refractivity contribution >= 4 is 12.2 Å². The molecule has 0 saturated carbocycles. The van der Waals surface area contributed by atoms with E-state index in [2.05, 4.69) is 43.5 Å². The zero-order chi connectivity index (χ0) is 11.8. The highest BCUT2D eigenvalue weighted by Crippen LogP contribution is 2.19. The Morgan fingerprint density at radius 1 is 1.40 bits per heavy atom. The normalized spacial score (nSPS) is 9.93. The van der Waals surface area contributed by atoms with Crippen molar-refractivity contribution in [1.82, 2.24) is 4.57 Å². The van der Waals surface area contributed by atoms with Crippen LogP contribution >= 0.6 is 0 Å². The molecule has 84 valence electrons. The molecule has 0 fully saturated rings. The second-order valence-corrected chi connectivity index (χ2v) is 3.12. The maximum atomic E-state index is 3.85. The molecule has 0 amide bonds. The van der Waals surface area contributed by atoms with Gasteiger partial charge in [0.2, 0.25) is 0 Å². The first-order chi connectivity index (χ1) is 7.24. The van der Waals surface area contributed by atoms with Crippen LogP contribution in [-0.2, 0) is 13.5 Å². The Morgan fingerprint density at radius 2 is 2.00 bits per heavy atom. The zero-order valence-electron chi connectivity index (χ0n) is 10.7. The molecule has 1 heteroatoms. The van der Waals surface area contributed by atoms with Gasteiger partial charge in [-0.3, -0.25) is 0 Å². The molecule has 1 nitrogen and oxygen atoms in total. The van der Waals surface area contributed by atoms with Gasteiger partial charge < -0.3 is 4.57 Å². The second kappa shape index (κ2) is 7.10. The topological polar surface area (TPSA) is 4.93 Å². The Bertz CT molecular complexity index is 329. The lowest BCUT2D eigenvalue weighted by Crippen LogP contribution is -1.88. The Labute approximate surface area is 94.1 Å². The summed E-state index contributed by atoms with van der Waals surface area (Å²) < 4.78 is 2.15. The van der Waals surface area contributed by atoms with Crippen LogP contribution in [-0.4, -0.2) is 4.57 Å². The Hall–Kier alpha value is -1.24. The van der Waals surface area contributed by atoms with Crippen LogP contribution in [0.4, 0.5) is 0 Å². The molecule has 15 heavy (non-hydrogen) atoms. The molecule has 0 radical (unpaired) electrons. The van der Waals surface area contributed by atoms with E-state index in [1.165, 1.54) is 16.8 Å². The maximum absolute atomic E-state index is 3.85. The quantitative estimate of drug-likeness (QED) is 0.693. The Kier molecular flexibility index (Phi) is 6.52. The van der Waals surface area contributed by atoms with Crippen molar-refractivity contribution in [3.05, 3.63) is 35.7 Å². The van der Waals surface area contributed by atoms with Gasteiger partial charge in [0.25, 0.3) is 0 Å². The van der Waals surface area contributed by atoms with Crippen LogP contribution in [0.2, 0.25) is 0 Å². The van der Waals surface area contributed by atoms with E-state index in [0.717, 1.165) is 6.42 Å². The molecule has 0 aliphatic carbocycles. The van der Waals surface area contributed by atoms with Crippen LogP contribution in [0.3, 0.4) is 0 Å². The highest BCUT2D eigenvalue weighted by molar-refractivity contribution is 5.65. The molecule has 0 aliphatic heterocycles. The number of allylic oxidation sites excluding steroid dienone is 1. The monoisotopic (exact) mass is 205 g/mol. The zero-order valence-corrected chi connectivity index (χ0v) is 10.7. The van der Waals surface area contributed by atoms with Gasteiger partial charge in [0, 0.05) is 24.5 Å². The van der Waals surface area contributed by atoms with Crippen LogP contribution in [0.15, 0.2) is 18.9 Å².